The summed E-state index contributed by atoms with van der Waals surface area (Å²) in [6.45, 7) is 6.61. The average molecular weight is 275 g/mol. The molecule has 0 spiro atoms. The van der Waals surface area contributed by atoms with Crippen LogP contribution in [0.2, 0.25) is 0 Å². The van der Waals surface area contributed by atoms with Crippen LogP contribution in [0.1, 0.15) is 56.2 Å². The molecule has 2 heterocycles. The molecule has 1 aromatic heterocycles. The van der Waals surface area contributed by atoms with Crippen molar-refractivity contribution in [1.29, 1.82) is 0 Å². The van der Waals surface area contributed by atoms with Crippen LogP contribution in [0.3, 0.4) is 0 Å². The minimum absolute atomic E-state index is 0.440. The number of dihydropyridines is 1. The van der Waals surface area contributed by atoms with Gasteiger partial charge < -0.3 is 5.32 Å². The van der Waals surface area contributed by atoms with Gasteiger partial charge >= 0.3 is 0 Å². The Morgan fingerprint density at radius 1 is 1.21 bits per heavy atom. The molecule has 1 aromatic rings. The maximum absolute atomic E-state index is 3.42. The van der Waals surface area contributed by atoms with Gasteiger partial charge in [0.1, 0.15) is 0 Å². The monoisotopic (exact) mass is 275 g/mol. The van der Waals surface area contributed by atoms with Crippen LogP contribution in [-0.2, 0) is 6.42 Å². The van der Waals surface area contributed by atoms with Crippen LogP contribution in [0, 0.1) is 0 Å². The van der Waals surface area contributed by atoms with E-state index in [1.54, 1.807) is 0 Å². The first-order valence-electron chi connectivity index (χ1n) is 7.44. The third-order valence-electron chi connectivity index (χ3n) is 3.48. The molecule has 2 rings (SSSR count). The lowest BCUT2D eigenvalue weighted by Gasteiger charge is -2.18. The van der Waals surface area contributed by atoms with Crippen LogP contribution >= 0.6 is 11.3 Å². The third-order valence-corrected chi connectivity index (χ3v) is 4.67. The molecular weight excluding hydrogens is 250 g/mol. The molecule has 19 heavy (non-hydrogen) atoms. The number of rotatable bonds is 6. The molecule has 0 amide bonds. The molecular formula is C17H25NS. The van der Waals surface area contributed by atoms with E-state index in [1.165, 1.54) is 53.1 Å². The molecule has 0 aromatic carbocycles. The van der Waals surface area contributed by atoms with Crippen LogP contribution in [0.25, 0.3) is 5.57 Å². The second-order valence-electron chi connectivity index (χ2n) is 5.46. The summed E-state index contributed by atoms with van der Waals surface area (Å²) in [4.78, 5) is 2.95. The first-order chi connectivity index (χ1) is 9.19. The second kappa shape index (κ2) is 6.95. The smallest absolute Gasteiger partial charge is 0.0422 e. The summed E-state index contributed by atoms with van der Waals surface area (Å²) in [6.07, 6.45) is 11.2. The summed E-state index contributed by atoms with van der Waals surface area (Å²) in [5, 5.41) is 3.42. The maximum Gasteiger partial charge on any atom is 0.0422 e. The highest BCUT2D eigenvalue weighted by Gasteiger charge is 2.10. The van der Waals surface area contributed by atoms with Crippen molar-refractivity contribution < 1.29 is 0 Å². The van der Waals surface area contributed by atoms with E-state index in [9.17, 15) is 0 Å². The van der Waals surface area contributed by atoms with Gasteiger partial charge in [-0.1, -0.05) is 32.3 Å². The van der Waals surface area contributed by atoms with Gasteiger partial charge in [-0.3, -0.25) is 0 Å². The lowest BCUT2D eigenvalue weighted by molar-refractivity contribution is 0.670. The summed E-state index contributed by atoms with van der Waals surface area (Å²) >= 11 is 1.96. The zero-order valence-corrected chi connectivity index (χ0v) is 13.1. The van der Waals surface area contributed by atoms with Gasteiger partial charge in [-0.05, 0) is 50.5 Å². The first-order valence-corrected chi connectivity index (χ1v) is 8.26. The predicted octanol–water partition coefficient (Wildman–Crippen LogP) is 5.15. The molecule has 0 saturated carbocycles. The number of unbranched alkanes of at least 4 members (excludes halogenated alkanes) is 3. The van der Waals surface area contributed by atoms with E-state index in [1.807, 2.05) is 11.3 Å². The molecule has 1 unspecified atom stereocenters. The van der Waals surface area contributed by atoms with E-state index in [0.29, 0.717) is 6.04 Å². The first kappa shape index (κ1) is 14.4. The van der Waals surface area contributed by atoms with Gasteiger partial charge in [0.05, 0.1) is 0 Å². The van der Waals surface area contributed by atoms with Crippen LogP contribution in [-0.4, -0.2) is 6.04 Å². The Labute approximate surface area is 121 Å². The number of hydrogen-bond donors (Lipinski definition) is 1. The molecule has 0 bridgehead atoms. The topological polar surface area (TPSA) is 12.0 Å². The standard InChI is InChI=1S/C17H25NS/c1-4-5-6-7-8-16-9-10-17(19-16)15-11-13(2)18-14(3)12-15/h9-13,18H,4-8H2,1-3H3. The van der Waals surface area contributed by atoms with E-state index in [0.717, 1.165) is 0 Å². The predicted molar refractivity (Wildman–Crippen MR) is 86.5 cm³/mol. The molecule has 0 saturated heterocycles. The van der Waals surface area contributed by atoms with Crippen molar-refractivity contribution in [3.63, 3.8) is 0 Å². The van der Waals surface area contributed by atoms with Crippen LogP contribution in [0.4, 0.5) is 0 Å². The Kier molecular flexibility index (Phi) is 5.26. The Bertz CT molecular complexity index is 467. The molecule has 1 aliphatic rings. The van der Waals surface area contributed by atoms with Crippen molar-refractivity contribution in [1.82, 2.24) is 5.32 Å². The molecule has 1 aliphatic heterocycles. The van der Waals surface area contributed by atoms with E-state index in [-0.39, 0.29) is 0 Å². The van der Waals surface area contributed by atoms with Gasteiger partial charge in [0.25, 0.3) is 0 Å². The van der Waals surface area contributed by atoms with E-state index < -0.39 is 0 Å². The zero-order chi connectivity index (χ0) is 13.7. The number of allylic oxidation sites excluding steroid dienone is 3. The summed E-state index contributed by atoms with van der Waals surface area (Å²) in [5.41, 5.74) is 2.65. The second-order valence-corrected chi connectivity index (χ2v) is 6.63. The number of nitrogens with one attached hydrogen (secondary N) is 1. The Balaban J connectivity index is 1.97. The van der Waals surface area contributed by atoms with Gasteiger partial charge in [0.15, 0.2) is 0 Å². The maximum atomic E-state index is 3.42. The molecule has 104 valence electrons. The fraction of sp³-hybridized carbons (Fsp3) is 0.529. The molecule has 0 radical (unpaired) electrons. The van der Waals surface area contributed by atoms with Crippen LogP contribution < -0.4 is 5.32 Å². The fourth-order valence-corrected chi connectivity index (χ4v) is 3.59. The van der Waals surface area contributed by atoms with Crippen molar-refractivity contribution in [3.8, 4) is 0 Å². The van der Waals surface area contributed by atoms with Crippen molar-refractivity contribution in [3.05, 3.63) is 39.7 Å². The van der Waals surface area contributed by atoms with Gasteiger partial charge in [-0.2, -0.15) is 0 Å². The molecule has 1 N–H and O–H groups in total. The molecule has 0 fully saturated rings. The highest BCUT2D eigenvalue weighted by molar-refractivity contribution is 7.13. The van der Waals surface area contributed by atoms with Crippen molar-refractivity contribution in [2.75, 3.05) is 0 Å². The largest absolute Gasteiger partial charge is 0.383 e. The molecule has 1 nitrogen and oxygen atoms in total. The minimum Gasteiger partial charge on any atom is -0.383 e. The van der Waals surface area contributed by atoms with Crippen LogP contribution in [0.15, 0.2) is 30.0 Å². The number of hydrogen-bond acceptors (Lipinski definition) is 2. The van der Waals surface area contributed by atoms with Gasteiger partial charge in [0, 0.05) is 21.5 Å². The van der Waals surface area contributed by atoms with E-state index in [4.69, 9.17) is 0 Å². The quantitative estimate of drug-likeness (QED) is 0.708. The van der Waals surface area contributed by atoms with E-state index in [2.05, 4.69) is 50.4 Å². The normalized spacial score (nSPS) is 18.8. The van der Waals surface area contributed by atoms with E-state index >= 15 is 0 Å². The van der Waals surface area contributed by atoms with Gasteiger partial charge in [-0.15, -0.1) is 11.3 Å². The van der Waals surface area contributed by atoms with Crippen molar-refractivity contribution in [2.24, 2.45) is 0 Å². The number of thiophene rings is 1. The van der Waals surface area contributed by atoms with Crippen molar-refractivity contribution in [2.45, 2.75) is 58.9 Å². The van der Waals surface area contributed by atoms with Gasteiger partial charge in [-0.25, -0.2) is 0 Å². The highest BCUT2D eigenvalue weighted by Crippen LogP contribution is 2.29. The van der Waals surface area contributed by atoms with Crippen LogP contribution in [0.5, 0.6) is 0 Å². The number of aryl methyl sites for hydroxylation is 1. The minimum atomic E-state index is 0.440. The Hall–Kier alpha value is -1.02. The lowest BCUT2D eigenvalue weighted by atomic mass is 10.1. The Morgan fingerprint density at radius 2 is 2.05 bits per heavy atom. The lowest BCUT2D eigenvalue weighted by Crippen LogP contribution is -2.24. The zero-order valence-electron chi connectivity index (χ0n) is 12.3. The molecule has 2 heteroatoms. The fourth-order valence-electron chi connectivity index (χ4n) is 2.54. The molecule has 0 aliphatic carbocycles. The van der Waals surface area contributed by atoms with Crippen molar-refractivity contribution >= 4 is 16.9 Å². The summed E-state index contributed by atoms with van der Waals surface area (Å²) in [7, 11) is 0. The molecule has 1 atom stereocenters. The average Bonchev–Trinajstić information content (AvgIpc) is 2.82. The third kappa shape index (κ3) is 4.24. The highest BCUT2D eigenvalue weighted by atomic mass is 32.1. The van der Waals surface area contributed by atoms with Gasteiger partial charge in [0.2, 0.25) is 0 Å². The summed E-state index contributed by atoms with van der Waals surface area (Å²) in [5.74, 6) is 0. The summed E-state index contributed by atoms with van der Waals surface area (Å²) < 4.78 is 0. The summed E-state index contributed by atoms with van der Waals surface area (Å²) in [6, 6.07) is 5.03. The Morgan fingerprint density at radius 3 is 2.79 bits per heavy atom. The SMILES string of the molecule is CCCCCCc1ccc(C2=CC(C)NC(C)=C2)s1.